The van der Waals surface area contributed by atoms with Gasteiger partial charge in [-0.3, -0.25) is 0 Å². The smallest absolute Gasteiger partial charge is 0.450 e. The summed E-state index contributed by atoms with van der Waals surface area (Å²) < 4.78 is 5.59. The fourth-order valence-corrected chi connectivity index (χ4v) is 9.62. The van der Waals surface area contributed by atoms with Crippen LogP contribution in [-0.2, 0) is 4.74 Å². The molecule has 0 aromatic heterocycles. The highest BCUT2D eigenvalue weighted by Gasteiger charge is 2.62. The van der Waals surface area contributed by atoms with Crippen molar-refractivity contribution in [3.63, 3.8) is 0 Å². The quantitative estimate of drug-likeness (QED) is 0.430. The van der Waals surface area contributed by atoms with Gasteiger partial charge < -0.3 is 9.84 Å². The maximum absolute atomic E-state index is 11.5. The summed E-state index contributed by atoms with van der Waals surface area (Å²) in [4.78, 5) is 11.5. The van der Waals surface area contributed by atoms with E-state index in [-0.39, 0.29) is 11.5 Å². The Morgan fingerprint density at radius 3 is 2.45 bits per heavy atom. The Hall–Kier alpha value is -0.730. The predicted molar refractivity (Wildman–Crippen MR) is 126 cm³/mol. The van der Waals surface area contributed by atoms with Gasteiger partial charge in [0, 0.05) is 5.41 Å². The fraction of sp³-hybridized carbons (Fsp3) is 0.964. The van der Waals surface area contributed by atoms with Crippen molar-refractivity contribution in [3.8, 4) is 0 Å². The van der Waals surface area contributed by atoms with E-state index >= 15 is 0 Å². The molecule has 0 amide bonds. The first-order valence-electron chi connectivity index (χ1n) is 13.6. The van der Waals surface area contributed by atoms with Crippen molar-refractivity contribution in [2.75, 3.05) is 0 Å². The second-order valence-corrected chi connectivity index (χ2v) is 12.9. The van der Waals surface area contributed by atoms with E-state index in [1.807, 2.05) is 0 Å². The summed E-state index contributed by atoms with van der Waals surface area (Å²) in [6.07, 6.45) is 14.5. The zero-order chi connectivity index (χ0) is 22.4. The number of carbonyl (C=O) groups is 1. The molecule has 0 aromatic carbocycles. The molecule has 0 spiro atoms. The second kappa shape index (κ2) is 8.90. The zero-order valence-corrected chi connectivity index (χ0v) is 20.9. The summed E-state index contributed by atoms with van der Waals surface area (Å²) in [5, 5.41) is 9.44. The molecule has 3 heteroatoms. The monoisotopic (exact) mass is 432 g/mol. The van der Waals surface area contributed by atoms with Gasteiger partial charge in [-0.1, -0.05) is 53.9 Å². The Morgan fingerprint density at radius 2 is 1.74 bits per heavy atom. The van der Waals surface area contributed by atoms with Crippen molar-refractivity contribution in [2.24, 2.45) is 52.3 Å². The molecule has 4 fully saturated rings. The van der Waals surface area contributed by atoms with Crippen LogP contribution in [-0.4, -0.2) is 17.4 Å². The molecule has 9 atom stereocenters. The number of hydrogen-bond donors (Lipinski definition) is 1. The minimum Gasteiger partial charge on any atom is -0.450 e. The lowest BCUT2D eigenvalue weighted by Gasteiger charge is -2.62. The van der Waals surface area contributed by atoms with Gasteiger partial charge in [0.15, 0.2) is 0 Å². The lowest BCUT2D eigenvalue weighted by molar-refractivity contribution is -0.169. The van der Waals surface area contributed by atoms with E-state index in [0.717, 1.165) is 42.4 Å². The zero-order valence-electron chi connectivity index (χ0n) is 20.9. The first kappa shape index (κ1) is 23.4. The van der Waals surface area contributed by atoms with E-state index < -0.39 is 6.16 Å². The third kappa shape index (κ3) is 4.05. The Bertz CT molecular complexity index is 644. The molecule has 178 valence electrons. The van der Waals surface area contributed by atoms with Crippen LogP contribution in [0.4, 0.5) is 4.79 Å². The van der Waals surface area contributed by atoms with E-state index in [0.29, 0.717) is 17.3 Å². The molecule has 2 unspecified atom stereocenters. The van der Waals surface area contributed by atoms with Gasteiger partial charge in [-0.15, -0.1) is 0 Å². The van der Waals surface area contributed by atoms with Crippen LogP contribution >= 0.6 is 0 Å². The lowest BCUT2D eigenvalue weighted by atomic mass is 9.44. The van der Waals surface area contributed by atoms with Crippen molar-refractivity contribution in [1.29, 1.82) is 0 Å². The average molecular weight is 433 g/mol. The SMILES string of the molecule is CC(C)CCC[C@@H](C)[C@H]1CC[C@H]2[C@@H]3CCC4CCCC(OC(=O)O)[C@]4(C)[C@H]3CC[C@]12C. The van der Waals surface area contributed by atoms with Crippen LogP contribution in [0, 0.1) is 52.3 Å². The predicted octanol–water partition coefficient (Wildman–Crippen LogP) is 8.17. The highest BCUT2D eigenvalue weighted by molar-refractivity contribution is 5.57. The molecular formula is C28H48O3. The van der Waals surface area contributed by atoms with Crippen LogP contribution < -0.4 is 0 Å². The fourth-order valence-electron chi connectivity index (χ4n) is 9.62. The number of ether oxygens (including phenoxy) is 1. The first-order valence-corrected chi connectivity index (χ1v) is 13.6. The number of rotatable bonds is 6. The minimum atomic E-state index is -1.06. The van der Waals surface area contributed by atoms with E-state index in [1.54, 1.807) is 0 Å². The Labute approximate surface area is 191 Å². The summed E-state index contributed by atoms with van der Waals surface area (Å²) in [6, 6.07) is 0. The Kier molecular flexibility index (Phi) is 6.73. The van der Waals surface area contributed by atoms with Crippen LogP contribution in [0.3, 0.4) is 0 Å². The number of hydrogen-bond acceptors (Lipinski definition) is 2. The maximum Gasteiger partial charge on any atom is 0.506 e. The van der Waals surface area contributed by atoms with Crippen molar-refractivity contribution >= 4 is 6.16 Å². The van der Waals surface area contributed by atoms with E-state index in [9.17, 15) is 9.90 Å². The highest BCUT2D eigenvalue weighted by Crippen LogP contribution is 2.68. The van der Waals surface area contributed by atoms with Gasteiger partial charge in [0.05, 0.1) is 0 Å². The van der Waals surface area contributed by atoms with Gasteiger partial charge in [-0.05, 0) is 105 Å². The van der Waals surface area contributed by atoms with E-state index in [2.05, 4.69) is 34.6 Å². The molecule has 4 aliphatic rings. The molecule has 0 bridgehead atoms. The molecule has 1 N–H and O–H groups in total. The van der Waals surface area contributed by atoms with Gasteiger partial charge in [0.25, 0.3) is 0 Å². The molecule has 0 aliphatic heterocycles. The van der Waals surface area contributed by atoms with Gasteiger partial charge in [0.2, 0.25) is 0 Å². The Morgan fingerprint density at radius 1 is 0.968 bits per heavy atom. The topological polar surface area (TPSA) is 46.5 Å². The van der Waals surface area contributed by atoms with Crippen LogP contribution in [0.15, 0.2) is 0 Å². The molecule has 4 rings (SSSR count). The molecular weight excluding hydrogens is 384 g/mol. The molecule has 0 aromatic rings. The molecule has 4 saturated carbocycles. The first-order chi connectivity index (χ1) is 14.7. The lowest BCUT2D eigenvalue weighted by Crippen LogP contribution is -2.58. The van der Waals surface area contributed by atoms with Crippen LogP contribution in [0.1, 0.15) is 112 Å². The van der Waals surface area contributed by atoms with Crippen LogP contribution in [0.5, 0.6) is 0 Å². The summed E-state index contributed by atoms with van der Waals surface area (Å²) >= 11 is 0. The molecule has 3 nitrogen and oxygen atoms in total. The molecule has 0 radical (unpaired) electrons. The van der Waals surface area contributed by atoms with Crippen molar-refractivity contribution < 1.29 is 14.6 Å². The van der Waals surface area contributed by atoms with Crippen LogP contribution in [0.25, 0.3) is 0 Å². The standard InChI is InChI=1S/C28H48O3/c1-18(2)8-6-9-19(3)22-14-15-23-21-13-12-20-10-7-11-25(31-26(29)30)28(20,5)24(21)16-17-27(22,23)4/h18-25H,6-17H2,1-5H3,(H,29,30)/t19-,20?,21+,22-,23+,24+,25?,27-,28+/m1/s1. The third-order valence-electron chi connectivity index (χ3n) is 11.1. The van der Waals surface area contributed by atoms with Gasteiger partial charge in [-0.25, -0.2) is 4.79 Å². The van der Waals surface area contributed by atoms with Gasteiger partial charge in [-0.2, -0.15) is 0 Å². The minimum absolute atomic E-state index is 0.0574. The largest absolute Gasteiger partial charge is 0.506 e. The summed E-state index contributed by atoms with van der Waals surface area (Å²) in [5.74, 6) is 5.48. The third-order valence-corrected chi connectivity index (χ3v) is 11.1. The van der Waals surface area contributed by atoms with Gasteiger partial charge >= 0.3 is 6.16 Å². The number of fused-ring (bicyclic) bond motifs is 5. The van der Waals surface area contributed by atoms with Crippen LogP contribution in [0.2, 0.25) is 0 Å². The maximum atomic E-state index is 11.5. The molecule has 31 heavy (non-hydrogen) atoms. The van der Waals surface area contributed by atoms with E-state index in [1.165, 1.54) is 64.2 Å². The van der Waals surface area contributed by atoms with Crippen molar-refractivity contribution in [3.05, 3.63) is 0 Å². The van der Waals surface area contributed by atoms with Crippen molar-refractivity contribution in [2.45, 2.75) is 118 Å². The summed E-state index contributed by atoms with van der Waals surface area (Å²) in [6.45, 7) is 12.3. The second-order valence-electron chi connectivity index (χ2n) is 12.9. The average Bonchev–Trinajstić information content (AvgIpc) is 3.05. The van der Waals surface area contributed by atoms with Crippen molar-refractivity contribution in [1.82, 2.24) is 0 Å². The summed E-state index contributed by atoms with van der Waals surface area (Å²) in [7, 11) is 0. The Balaban J connectivity index is 1.51. The van der Waals surface area contributed by atoms with Gasteiger partial charge in [0.1, 0.15) is 6.10 Å². The summed E-state index contributed by atoms with van der Waals surface area (Å²) in [5.41, 5.74) is 0.557. The number of carboxylic acid groups (broad SMARTS) is 1. The highest BCUT2D eigenvalue weighted by atomic mass is 16.7. The molecule has 0 saturated heterocycles. The molecule has 0 heterocycles. The van der Waals surface area contributed by atoms with E-state index in [4.69, 9.17) is 4.74 Å². The normalized spacial score (nSPS) is 45.5. The molecule has 4 aliphatic carbocycles.